The van der Waals surface area contributed by atoms with Crippen LogP contribution in [0.2, 0.25) is 0 Å². The van der Waals surface area contributed by atoms with Gasteiger partial charge in [0.2, 0.25) is 0 Å². The Morgan fingerprint density at radius 1 is 1.50 bits per heavy atom. The number of ether oxygens (including phenoxy) is 2. The van der Waals surface area contributed by atoms with E-state index in [-0.39, 0.29) is 9.26 Å². The van der Waals surface area contributed by atoms with Crippen LogP contribution < -0.4 is 4.74 Å². The molecule has 0 aromatic carbocycles. The van der Waals surface area contributed by atoms with Crippen LogP contribution in [0, 0.1) is 3.57 Å². The minimum atomic E-state index is -4.98. The zero-order valence-electron chi connectivity index (χ0n) is 8.85. The molecule has 0 aliphatic rings. The molecule has 0 aliphatic heterocycles. The topological polar surface area (TPSA) is 48.4 Å². The second-order valence-corrected chi connectivity index (χ2v) is 4.11. The van der Waals surface area contributed by atoms with Crippen LogP contribution in [0.5, 0.6) is 5.75 Å². The van der Waals surface area contributed by atoms with Gasteiger partial charge in [-0.15, -0.1) is 13.2 Å². The van der Waals surface area contributed by atoms with E-state index in [2.05, 4.69) is 14.5 Å². The van der Waals surface area contributed by atoms with Crippen molar-refractivity contribution < 1.29 is 31.8 Å². The van der Waals surface area contributed by atoms with Gasteiger partial charge in [-0.1, -0.05) is 0 Å². The van der Waals surface area contributed by atoms with Gasteiger partial charge in [-0.05, 0) is 28.7 Å². The number of hydrogen-bond donors (Lipinski definition) is 0. The molecular formula is C9H6F4INO3. The van der Waals surface area contributed by atoms with Crippen molar-refractivity contribution in [1.82, 2.24) is 4.98 Å². The van der Waals surface area contributed by atoms with Crippen LogP contribution in [0.1, 0.15) is 16.2 Å². The van der Waals surface area contributed by atoms with Gasteiger partial charge in [0, 0.05) is 0 Å². The van der Waals surface area contributed by atoms with E-state index in [1.807, 2.05) is 0 Å². The largest absolute Gasteiger partial charge is 0.573 e. The molecule has 0 saturated heterocycles. The van der Waals surface area contributed by atoms with Crippen molar-refractivity contribution in [3.05, 3.63) is 21.0 Å². The quantitative estimate of drug-likeness (QED) is 0.461. The number of alkyl halides is 4. The Balaban J connectivity index is 3.33. The van der Waals surface area contributed by atoms with Crippen LogP contribution in [0.25, 0.3) is 0 Å². The van der Waals surface area contributed by atoms with Crippen LogP contribution in [0.15, 0.2) is 6.07 Å². The molecule has 0 saturated carbocycles. The highest BCUT2D eigenvalue weighted by molar-refractivity contribution is 14.1. The van der Waals surface area contributed by atoms with Crippen molar-refractivity contribution >= 4 is 28.6 Å². The number of hydrogen-bond acceptors (Lipinski definition) is 4. The first-order valence-corrected chi connectivity index (χ1v) is 5.45. The van der Waals surface area contributed by atoms with E-state index < -0.39 is 30.4 Å². The van der Waals surface area contributed by atoms with Crippen LogP contribution in [-0.2, 0) is 11.4 Å². The smallest absolute Gasteiger partial charge is 0.464 e. The molecule has 1 heterocycles. The molecule has 0 unspecified atom stereocenters. The molecule has 0 amide bonds. The number of carbonyl (C=O) groups excluding carboxylic acids is 1. The number of pyridine rings is 1. The Kier molecular flexibility index (Phi) is 4.71. The molecule has 9 heteroatoms. The molecule has 0 fully saturated rings. The van der Waals surface area contributed by atoms with E-state index in [1.54, 1.807) is 0 Å². The molecule has 4 nitrogen and oxygen atoms in total. The summed E-state index contributed by atoms with van der Waals surface area (Å²) in [7, 11) is 0.969. The lowest BCUT2D eigenvalue weighted by Gasteiger charge is -2.13. The van der Waals surface area contributed by atoms with Crippen LogP contribution in [-0.4, -0.2) is 24.4 Å². The number of aromatic nitrogens is 1. The maximum absolute atomic E-state index is 12.4. The maximum Gasteiger partial charge on any atom is 0.573 e. The molecule has 100 valence electrons. The van der Waals surface area contributed by atoms with Crippen molar-refractivity contribution in [3.8, 4) is 5.75 Å². The molecule has 0 bridgehead atoms. The predicted molar refractivity (Wildman–Crippen MR) is 59.8 cm³/mol. The van der Waals surface area contributed by atoms with E-state index in [1.165, 1.54) is 22.6 Å². The molecule has 0 N–H and O–H groups in total. The second kappa shape index (κ2) is 5.67. The highest BCUT2D eigenvalue weighted by atomic mass is 127. The summed E-state index contributed by atoms with van der Waals surface area (Å²) >= 11 is 1.49. The van der Waals surface area contributed by atoms with Gasteiger partial charge in [0.25, 0.3) is 0 Å². The summed E-state index contributed by atoms with van der Waals surface area (Å²) in [5.41, 5.74) is -0.899. The number of esters is 1. The first-order valence-electron chi connectivity index (χ1n) is 4.38. The van der Waals surface area contributed by atoms with E-state index in [9.17, 15) is 22.4 Å². The highest BCUT2D eigenvalue weighted by Gasteiger charge is 2.35. The number of carbonyl (C=O) groups is 1. The Hall–Kier alpha value is -1.13. The van der Waals surface area contributed by atoms with Crippen molar-refractivity contribution in [1.29, 1.82) is 0 Å². The standard InChI is InChI=1S/C9H6F4INO3/c1-17-8(16)6-7(18-9(11,12)13)5(14)2-4(3-10)15-6/h2H,3H2,1H3. The molecule has 1 aromatic heterocycles. The fraction of sp³-hybridized carbons (Fsp3) is 0.333. The Labute approximate surface area is 112 Å². The number of nitrogens with zero attached hydrogens (tertiary/aromatic N) is 1. The zero-order valence-corrected chi connectivity index (χ0v) is 11.0. The SMILES string of the molecule is COC(=O)c1nc(CF)cc(I)c1OC(F)(F)F. The van der Waals surface area contributed by atoms with Crippen molar-refractivity contribution in [2.45, 2.75) is 13.0 Å². The van der Waals surface area contributed by atoms with Crippen LogP contribution in [0.3, 0.4) is 0 Å². The molecule has 0 aliphatic carbocycles. The summed E-state index contributed by atoms with van der Waals surface area (Å²) in [4.78, 5) is 14.7. The zero-order chi connectivity index (χ0) is 13.9. The monoisotopic (exact) mass is 379 g/mol. The van der Waals surface area contributed by atoms with E-state index in [0.29, 0.717) is 0 Å². The maximum atomic E-state index is 12.4. The van der Waals surface area contributed by atoms with Gasteiger partial charge in [0.1, 0.15) is 6.67 Å². The minimum Gasteiger partial charge on any atom is -0.464 e. The Bertz CT molecular complexity index is 464. The summed E-state index contributed by atoms with van der Waals surface area (Å²) in [5.74, 6) is -1.94. The fourth-order valence-electron chi connectivity index (χ4n) is 1.07. The summed E-state index contributed by atoms with van der Waals surface area (Å²) in [6, 6.07) is 1.05. The van der Waals surface area contributed by atoms with Gasteiger partial charge in [0.05, 0.1) is 16.4 Å². The molecule has 18 heavy (non-hydrogen) atoms. The number of methoxy groups -OCH3 is 1. The lowest BCUT2D eigenvalue weighted by Crippen LogP contribution is -2.21. The normalized spacial score (nSPS) is 11.2. The van der Waals surface area contributed by atoms with Crippen molar-refractivity contribution in [3.63, 3.8) is 0 Å². The van der Waals surface area contributed by atoms with E-state index in [4.69, 9.17) is 0 Å². The van der Waals surface area contributed by atoms with Crippen LogP contribution in [0.4, 0.5) is 17.6 Å². The number of halogens is 5. The average Bonchev–Trinajstić information content (AvgIpc) is 2.28. The second-order valence-electron chi connectivity index (χ2n) is 2.95. The summed E-state index contributed by atoms with van der Waals surface area (Å²) in [5, 5.41) is 0. The van der Waals surface area contributed by atoms with Gasteiger partial charge in [-0.3, -0.25) is 0 Å². The van der Waals surface area contributed by atoms with Crippen molar-refractivity contribution in [2.75, 3.05) is 7.11 Å². The van der Waals surface area contributed by atoms with Crippen LogP contribution >= 0.6 is 22.6 Å². The third kappa shape index (κ3) is 3.68. The Morgan fingerprint density at radius 3 is 2.56 bits per heavy atom. The summed E-state index contributed by atoms with van der Waals surface area (Å²) in [6.45, 7) is -1.02. The van der Waals surface area contributed by atoms with E-state index in [0.717, 1.165) is 13.2 Å². The van der Waals surface area contributed by atoms with E-state index >= 15 is 0 Å². The van der Waals surface area contributed by atoms with Gasteiger partial charge < -0.3 is 9.47 Å². The third-order valence-electron chi connectivity index (χ3n) is 1.71. The molecular weight excluding hydrogens is 373 g/mol. The lowest BCUT2D eigenvalue weighted by molar-refractivity contribution is -0.275. The van der Waals surface area contributed by atoms with Crippen molar-refractivity contribution in [2.24, 2.45) is 0 Å². The highest BCUT2D eigenvalue weighted by Crippen LogP contribution is 2.31. The summed E-state index contributed by atoms with van der Waals surface area (Å²) in [6.07, 6.45) is -4.98. The molecule has 0 radical (unpaired) electrons. The lowest BCUT2D eigenvalue weighted by atomic mass is 10.3. The average molecular weight is 379 g/mol. The molecule has 1 aromatic rings. The molecule has 1 rings (SSSR count). The Morgan fingerprint density at radius 2 is 2.11 bits per heavy atom. The number of rotatable bonds is 3. The molecule has 0 spiro atoms. The first kappa shape index (κ1) is 14.9. The minimum absolute atomic E-state index is 0.0898. The summed E-state index contributed by atoms with van der Waals surface area (Å²) < 4.78 is 56.8. The van der Waals surface area contributed by atoms with Gasteiger partial charge >= 0.3 is 12.3 Å². The fourth-order valence-corrected chi connectivity index (χ4v) is 1.79. The first-order chi connectivity index (χ1) is 8.28. The van der Waals surface area contributed by atoms with Gasteiger partial charge in [-0.2, -0.15) is 0 Å². The predicted octanol–water partition coefficient (Wildman–Crippen LogP) is 2.84. The van der Waals surface area contributed by atoms with Gasteiger partial charge in [0.15, 0.2) is 11.4 Å². The third-order valence-corrected chi connectivity index (χ3v) is 2.52. The molecule has 0 atom stereocenters. The van der Waals surface area contributed by atoms with Gasteiger partial charge in [-0.25, -0.2) is 14.2 Å².